The molecule has 360 valence electrons. The van der Waals surface area contributed by atoms with Gasteiger partial charge in [0.05, 0.1) is 33.6 Å². The fraction of sp³-hybridized carbons (Fsp3) is 0.294. The van der Waals surface area contributed by atoms with Crippen LogP contribution in [0.1, 0.15) is 61.1 Å². The van der Waals surface area contributed by atoms with Crippen molar-refractivity contribution in [3.05, 3.63) is 155 Å². The average Bonchev–Trinajstić information content (AvgIpc) is 4.08. The zero-order valence-electron chi connectivity index (χ0n) is 37.0. The van der Waals surface area contributed by atoms with Crippen LogP contribution in [0.4, 0.5) is 64.1 Å². The summed E-state index contributed by atoms with van der Waals surface area (Å²) >= 11 is 2.75. The topological polar surface area (TPSA) is 6.02 Å². The molecule has 0 aromatic heterocycles. The van der Waals surface area contributed by atoms with Crippen molar-refractivity contribution in [3.63, 3.8) is 0 Å². The normalized spacial score (nSPS) is 18.0. The summed E-state index contributed by atoms with van der Waals surface area (Å²) in [5.74, 6) is 0. The van der Waals surface area contributed by atoms with Gasteiger partial charge in [-0.05, 0) is 148 Å². The molecular weight excluding hydrogens is 1010 g/mol. The van der Waals surface area contributed by atoms with Crippen LogP contribution in [0.5, 0.6) is 0 Å². The number of hydrogen-bond acceptors (Lipinski definition) is 2. The van der Waals surface area contributed by atoms with E-state index >= 15 is 0 Å². The summed E-state index contributed by atoms with van der Waals surface area (Å²) in [5, 5.41) is 1.85. The minimum absolute atomic E-state index is 0. The number of benzene rings is 6. The van der Waals surface area contributed by atoms with Gasteiger partial charge in [-0.3, -0.25) is 0 Å². The smallest absolute Gasteiger partial charge is 1.00 e. The number of alkyl halides is 12. The van der Waals surface area contributed by atoms with Crippen molar-refractivity contribution < 1.29 is 84.3 Å². The molecule has 2 nitrogen and oxygen atoms in total. The summed E-state index contributed by atoms with van der Waals surface area (Å²) < 4.78 is 156. The van der Waals surface area contributed by atoms with E-state index in [1.54, 1.807) is 0 Å². The van der Waals surface area contributed by atoms with Gasteiger partial charge < -0.3 is 22.2 Å². The van der Waals surface area contributed by atoms with Gasteiger partial charge in [0.2, 0.25) is 0 Å². The first-order chi connectivity index (χ1) is 30.8. The van der Waals surface area contributed by atoms with Crippen molar-refractivity contribution in [1.29, 1.82) is 0 Å². The van der Waals surface area contributed by atoms with E-state index in [0.29, 0.717) is 22.3 Å². The standard InChI is InChI=1S/2C25H21F6N.CH3.ClH.Pd/c2*1-14-12-21(17-4-8-19(9-5-17)24(26,27)28)23(32-15(2)16(32)3)22(13-14)18-6-10-20(11-7-18)25(29,30)31;;;/h2*4-13,15-16H,1-3H3;1H3;1H;/q;;;;+1/p-1. The molecule has 0 amide bonds. The molecule has 2 fully saturated rings. The number of rotatable bonds is 6. The van der Waals surface area contributed by atoms with Crippen LogP contribution in [-0.2, 0) is 43.9 Å². The molecule has 0 N–H and O–H groups in total. The molecule has 4 atom stereocenters. The molecular formula is C51H45ClF12N2Pd. The van der Waals surface area contributed by atoms with Crippen LogP contribution in [0.25, 0.3) is 44.5 Å². The van der Waals surface area contributed by atoms with Crippen LogP contribution >= 0.6 is 0 Å². The predicted octanol–water partition coefficient (Wildman–Crippen LogP) is 13.5. The molecule has 0 saturated carbocycles. The van der Waals surface area contributed by atoms with Crippen molar-refractivity contribution in [2.45, 2.75) is 95.8 Å². The second kappa shape index (κ2) is 19.9. The molecule has 0 spiro atoms. The monoisotopic (exact) mass is 1050 g/mol. The van der Waals surface area contributed by atoms with Crippen molar-refractivity contribution in [2.75, 3.05) is 9.80 Å². The van der Waals surface area contributed by atoms with Crippen LogP contribution in [-0.4, -0.2) is 24.2 Å². The molecule has 16 heteroatoms. The van der Waals surface area contributed by atoms with Crippen LogP contribution in [0.3, 0.4) is 0 Å². The third-order valence-electron chi connectivity index (χ3n) is 12.1. The molecule has 2 aliphatic heterocycles. The molecule has 0 bridgehead atoms. The Morgan fingerprint density at radius 1 is 0.343 bits per heavy atom. The zero-order chi connectivity index (χ0) is 48.8. The van der Waals surface area contributed by atoms with Gasteiger partial charge in [-0.15, -0.1) is 0 Å². The summed E-state index contributed by atoms with van der Waals surface area (Å²) in [6.07, 6.45) is -17.7. The van der Waals surface area contributed by atoms with Crippen molar-refractivity contribution >= 4 is 11.4 Å². The Bertz CT molecular complexity index is 2280. The SMILES string of the molecule is Cc1cc(-c2ccc(C(F)(F)F)cc2)c(N2C(C)C2C)c(-c2ccc(C(F)(F)F)cc2)c1.Cc1cc(-c2ccc(C(F)(F)F)cc2)c(N2C(C)C2C)c(-c2ccc(C(F)(F)F)cc2)c1.[CH3][Pd+].[Cl-]. The summed E-state index contributed by atoms with van der Waals surface area (Å²) in [4.78, 5) is 4.28. The summed E-state index contributed by atoms with van der Waals surface area (Å²) in [6, 6.07) is 28.4. The number of halogens is 13. The predicted molar refractivity (Wildman–Crippen MR) is 233 cm³/mol. The second-order valence-electron chi connectivity index (χ2n) is 16.5. The van der Waals surface area contributed by atoms with Crippen LogP contribution in [0, 0.1) is 13.8 Å². The largest absolute Gasteiger partial charge is 1.00 e. The van der Waals surface area contributed by atoms with Gasteiger partial charge in [0, 0.05) is 46.4 Å². The Morgan fingerprint density at radius 2 is 0.507 bits per heavy atom. The first-order valence-corrected chi connectivity index (χ1v) is 22.2. The van der Waals surface area contributed by atoms with E-state index in [0.717, 1.165) is 93.3 Å². The van der Waals surface area contributed by atoms with E-state index < -0.39 is 47.0 Å². The van der Waals surface area contributed by atoms with Crippen molar-refractivity contribution in [1.82, 2.24) is 0 Å². The van der Waals surface area contributed by atoms with Gasteiger partial charge in [0.25, 0.3) is 0 Å². The Balaban J connectivity index is 0.000000238. The molecule has 2 aliphatic rings. The minimum atomic E-state index is -4.43. The molecule has 0 radical (unpaired) electrons. The van der Waals surface area contributed by atoms with E-state index in [4.69, 9.17) is 0 Å². The quantitative estimate of drug-likeness (QED) is 0.0931. The average molecular weight is 1060 g/mol. The third kappa shape index (κ3) is 11.7. The van der Waals surface area contributed by atoms with Gasteiger partial charge in [-0.1, -0.05) is 48.5 Å². The minimum Gasteiger partial charge on any atom is -1.00 e. The molecule has 8 rings (SSSR count). The summed E-state index contributed by atoms with van der Waals surface area (Å²) in [6.45, 7) is 11.9. The Labute approximate surface area is 398 Å². The Kier molecular flexibility index (Phi) is 15.8. The third-order valence-corrected chi connectivity index (χ3v) is 12.1. The second-order valence-corrected chi connectivity index (χ2v) is 16.5. The van der Waals surface area contributed by atoms with Crippen molar-refractivity contribution in [2.24, 2.45) is 0 Å². The maximum absolute atomic E-state index is 13.0. The van der Waals surface area contributed by atoms with Gasteiger partial charge in [-0.2, -0.15) is 52.7 Å². The van der Waals surface area contributed by atoms with Gasteiger partial charge >= 0.3 is 49.3 Å². The number of aryl methyl sites for hydroxylation is 2. The van der Waals surface area contributed by atoms with Gasteiger partial charge in [0.15, 0.2) is 0 Å². The molecule has 2 saturated heterocycles. The Hall–Kier alpha value is -4.97. The molecule has 67 heavy (non-hydrogen) atoms. The van der Waals surface area contributed by atoms with E-state index in [1.165, 1.54) is 48.5 Å². The fourth-order valence-electron chi connectivity index (χ4n) is 8.17. The molecule has 6 aromatic rings. The maximum atomic E-state index is 13.0. The number of anilines is 2. The fourth-order valence-corrected chi connectivity index (χ4v) is 8.17. The molecule has 4 unspecified atom stereocenters. The maximum Gasteiger partial charge on any atom is -1.00 e. The first kappa shape index (κ1) is 53.0. The molecule has 2 heterocycles. The molecule has 0 aliphatic carbocycles. The van der Waals surface area contributed by atoms with Gasteiger partial charge in [-0.25, -0.2) is 0 Å². The van der Waals surface area contributed by atoms with E-state index in [1.807, 2.05) is 71.2 Å². The van der Waals surface area contributed by atoms with E-state index in [-0.39, 0.29) is 36.6 Å². The van der Waals surface area contributed by atoms with Crippen LogP contribution in [0.2, 0.25) is 5.40 Å². The molecule has 6 aromatic carbocycles. The zero-order valence-corrected chi connectivity index (χ0v) is 39.3. The Morgan fingerprint density at radius 3 is 0.642 bits per heavy atom. The number of hydrogen-bond donors (Lipinski definition) is 0. The summed E-state index contributed by atoms with van der Waals surface area (Å²) in [7, 11) is 0. The van der Waals surface area contributed by atoms with Crippen LogP contribution < -0.4 is 22.2 Å². The first-order valence-electron chi connectivity index (χ1n) is 20.6. The van der Waals surface area contributed by atoms with Gasteiger partial charge in [0.1, 0.15) is 0 Å². The van der Waals surface area contributed by atoms with E-state index in [9.17, 15) is 52.7 Å². The van der Waals surface area contributed by atoms with Crippen LogP contribution in [0.15, 0.2) is 121 Å². The van der Waals surface area contributed by atoms with E-state index in [2.05, 4.69) is 29.0 Å². The number of nitrogens with zero attached hydrogens (tertiary/aromatic N) is 2. The summed E-state index contributed by atoms with van der Waals surface area (Å²) in [5.41, 5.74) is 5.94. The van der Waals surface area contributed by atoms with Crippen molar-refractivity contribution in [3.8, 4) is 44.5 Å².